The number of carbonyl (C=O) groups is 1. The van der Waals surface area contributed by atoms with E-state index in [9.17, 15) is 4.79 Å². The summed E-state index contributed by atoms with van der Waals surface area (Å²) in [5.41, 5.74) is 1.46. The van der Waals surface area contributed by atoms with Crippen molar-refractivity contribution in [3.05, 3.63) is 35.4 Å². The van der Waals surface area contributed by atoms with E-state index in [0.717, 1.165) is 5.56 Å². The van der Waals surface area contributed by atoms with E-state index in [1.165, 1.54) is 7.11 Å². The van der Waals surface area contributed by atoms with E-state index in [1.807, 2.05) is 12.1 Å². The molecule has 0 amide bonds. The van der Waals surface area contributed by atoms with Crippen molar-refractivity contribution in [2.45, 2.75) is 12.7 Å². The summed E-state index contributed by atoms with van der Waals surface area (Å²) in [6, 6.07) is 7.18. The highest BCUT2D eigenvalue weighted by atomic mass is 16.5. The van der Waals surface area contributed by atoms with Crippen molar-refractivity contribution in [2.24, 2.45) is 0 Å². The Hall–Kier alpha value is -1.39. The second kappa shape index (κ2) is 5.48. The molecule has 15 heavy (non-hydrogen) atoms. The van der Waals surface area contributed by atoms with Gasteiger partial charge >= 0.3 is 5.97 Å². The van der Waals surface area contributed by atoms with Crippen LogP contribution < -0.4 is 0 Å². The molecule has 1 aromatic carbocycles. The van der Waals surface area contributed by atoms with Crippen LogP contribution in [0.2, 0.25) is 0 Å². The Labute approximate surface area is 88.4 Å². The van der Waals surface area contributed by atoms with Crippen LogP contribution in [0.1, 0.15) is 17.2 Å². The number of carboxylic acids is 1. The average molecular weight is 210 g/mol. The lowest BCUT2D eigenvalue weighted by Crippen LogP contribution is -2.15. The lowest BCUT2D eigenvalue weighted by molar-refractivity contribution is -0.148. The molecule has 0 fully saturated rings. The first kappa shape index (κ1) is 11.7. The van der Waals surface area contributed by atoms with Gasteiger partial charge in [-0.05, 0) is 11.1 Å². The maximum Gasteiger partial charge on any atom is 0.337 e. The van der Waals surface area contributed by atoms with Crippen molar-refractivity contribution in [1.29, 1.82) is 0 Å². The van der Waals surface area contributed by atoms with E-state index in [4.69, 9.17) is 14.6 Å². The first-order chi connectivity index (χ1) is 7.20. The SMILES string of the molecule is COCc1ccccc1C(OC)C(=O)O. The molecule has 1 aromatic rings. The predicted molar refractivity (Wildman–Crippen MR) is 54.5 cm³/mol. The van der Waals surface area contributed by atoms with Crippen LogP contribution in [0.25, 0.3) is 0 Å². The Morgan fingerprint density at radius 2 is 2.07 bits per heavy atom. The van der Waals surface area contributed by atoms with Gasteiger partial charge in [0.15, 0.2) is 6.10 Å². The Bertz CT molecular complexity index is 335. The van der Waals surface area contributed by atoms with Gasteiger partial charge in [-0.1, -0.05) is 24.3 Å². The minimum Gasteiger partial charge on any atom is -0.479 e. The molecule has 1 unspecified atom stereocenters. The Morgan fingerprint density at radius 1 is 1.40 bits per heavy atom. The summed E-state index contributed by atoms with van der Waals surface area (Å²) >= 11 is 0. The zero-order valence-corrected chi connectivity index (χ0v) is 8.77. The first-order valence-electron chi connectivity index (χ1n) is 4.53. The summed E-state index contributed by atoms with van der Waals surface area (Å²) in [4.78, 5) is 10.9. The highest BCUT2D eigenvalue weighted by molar-refractivity contribution is 5.74. The number of methoxy groups -OCH3 is 2. The summed E-state index contributed by atoms with van der Waals surface area (Å²) in [6.07, 6.45) is -0.934. The fraction of sp³-hybridized carbons (Fsp3) is 0.364. The van der Waals surface area contributed by atoms with Gasteiger partial charge in [0.2, 0.25) is 0 Å². The normalized spacial score (nSPS) is 12.4. The van der Waals surface area contributed by atoms with Crippen molar-refractivity contribution in [1.82, 2.24) is 0 Å². The minimum absolute atomic E-state index is 0.378. The first-order valence-corrected chi connectivity index (χ1v) is 4.53. The smallest absolute Gasteiger partial charge is 0.337 e. The Kier molecular flexibility index (Phi) is 4.27. The van der Waals surface area contributed by atoms with Crippen molar-refractivity contribution in [3.8, 4) is 0 Å². The lowest BCUT2D eigenvalue weighted by atomic mass is 10.0. The Morgan fingerprint density at radius 3 is 2.60 bits per heavy atom. The molecule has 1 atom stereocenters. The molecule has 0 radical (unpaired) electrons. The second-order valence-electron chi connectivity index (χ2n) is 3.09. The number of hydrogen-bond donors (Lipinski definition) is 1. The molecule has 4 heteroatoms. The lowest BCUT2D eigenvalue weighted by Gasteiger charge is -2.14. The van der Waals surface area contributed by atoms with E-state index in [2.05, 4.69) is 0 Å². The van der Waals surface area contributed by atoms with Crippen molar-refractivity contribution in [2.75, 3.05) is 14.2 Å². The summed E-state index contributed by atoms with van der Waals surface area (Å²) in [5.74, 6) is -0.999. The van der Waals surface area contributed by atoms with Gasteiger partial charge in [-0.25, -0.2) is 4.79 Å². The fourth-order valence-corrected chi connectivity index (χ4v) is 1.44. The molecular weight excluding hydrogens is 196 g/mol. The van der Waals surface area contributed by atoms with Crippen LogP contribution in [0.3, 0.4) is 0 Å². The number of hydrogen-bond acceptors (Lipinski definition) is 3. The van der Waals surface area contributed by atoms with Crippen LogP contribution in [0, 0.1) is 0 Å². The van der Waals surface area contributed by atoms with Gasteiger partial charge in [0, 0.05) is 14.2 Å². The third kappa shape index (κ3) is 2.78. The zero-order valence-electron chi connectivity index (χ0n) is 8.77. The number of carboxylic acid groups (broad SMARTS) is 1. The molecule has 1 N–H and O–H groups in total. The third-order valence-corrected chi connectivity index (χ3v) is 2.10. The van der Waals surface area contributed by atoms with Crippen LogP contribution in [0.15, 0.2) is 24.3 Å². The molecule has 0 saturated heterocycles. The monoisotopic (exact) mass is 210 g/mol. The largest absolute Gasteiger partial charge is 0.479 e. The van der Waals surface area contributed by atoms with Gasteiger partial charge in [-0.2, -0.15) is 0 Å². The van der Waals surface area contributed by atoms with Gasteiger partial charge < -0.3 is 14.6 Å². The quantitative estimate of drug-likeness (QED) is 0.802. The highest BCUT2D eigenvalue weighted by Gasteiger charge is 2.21. The van der Waals surface area contributed by atoms with E-state index >= 15 is 0 Å². The van der Waals surface area contributed by atoms with Gasteiger partial charge in [0.1, 0.15) is 0 Å². The van der Waals surface area contributed by atoms with E-state index in [-0.39, 0.29) is 0 Å². The van der Waals surface area contributed by atoms with Gasteiger partial charge in [0.05, 0.1) is 6.61 Å². The molecule has 0 saturated carbocycles. The molecule has 0 aliphatic rings. The van der Waals surface area contributed by atoms with Gasteiger partial charge in [0.25, 0.3) is 0 Å². The van der Waals surface area contributed by atoms with Crippen LogP contribution >= 0.6 is 0 Å². The third-order valence-electron chi connectivity index (χ3n) is 2.10. The second-order valence-corrected chi connectivity index (χ2v) is 3.09. The molecule has 0 spiro atoms. The molecule has 1 rings (SSSR count). The molecule has 0 heterocycles. The maximum absolute atomic E-state index is 10.9. The van der Waals surface area contributed by atoms with E-state index < -0.39 is 12.1 Å². The summed E-state index contributed by atoms with van der Waals surface area (Å²) in [5, 5.41) is 8.95. The number of rotatable bonds is 5. The van der Waals surface area contributed by atoms with Crippen molar-refractivity contribution in [3.63, 3.8) is 0 Å². The predicted octanol–water partition coefficient (Wildman–Crippen LogP) is 1.61. The molecule has 0 aromatic heterocycles. The standard InChI is InChI=1S/C11H14O4/c1-14-7-8-5-3-4-6-9(8)10(15-2)11(12)13/h3-6,10H,7H2,1-2H3,(H,12,13). The minimum atomic E-state index is -0.999. The van der Waals surface area contributed by atoms with Crippen LogP contribution in [-0.4, -0.2) is 25.3 Å². The topological polar surface area (TPSA) is 55.8 Å². The van der Waals surface area contributed by atoms with Crippen LogP contribution in [-0.2, 0) is 20.9 Å². The molecule has 0 bridgehead atoms. The van der Waals surface area contributed by atoms with E-state index in [1.54, 1.807) is 19.2 Å². The van der Waals surface area contributed by atoms with Crippen molar-refractivity contribution < 1.29 is 19.4 Å². The summed E-state index contributed by atoms with van der Waals surface area (Å²) < 4.78 is 9.92. The number of ether oxygens (including phenoxy) is 2. The number of aliphatic carboxylic acids is 1. The molecular formula is C11H14O4. The highest BCUT2D eigenvalue weighted by Crippen LogP contribution is 2.21. The van der Waals surface area contributed by atoms with Crippen LogP contribution in [0.5, 0.6) is 0 Å². The average Bonchev–Trinajstić information content (AvgIpc) is 2.21. The summed E-state index contributed by atoms with van der Waals surface area (Å²) in [6.45, 7) is 0.378. The molecule has 0 aliphatic heterocycles. The summed E-state index contributed by atoms with van der Waals surface area (Å²) in [7, 11) is 2.95. The maximum atomic E-state index is 10.9. The van der Waals surface area contributed by atoms with E-state index in [0.29, 0.717) is 12.2 Å². The van der Waals surface area contributed by atoms with Crippen molar-refractivity contribution >= 4 is 5.97 Å². The Balaban J connectivity index is 3.04. The fourth-order valence-electron chi connectivity index (χ4n) is 1.44. The molecule has 0 aliphatic carbocycles. The molecule has 82 valence electrons. The van der Waals surface area contributed by atoms with Crippen LogP contribution in [0.4, 0.5) is 0 Å². The number of benzene rings is 1. The molecule has 4 nitrogen and oxygen atoms in total. The zero-order chi connectivity index (χ0) is 11.3. The van der Waals surface area contributed by atoms with Gasteiger partial charge in [-0.15, -0.1) is 0 Å². The van der Waals surface area contributed by atoms with Gasteiger partial charge in [-0.3, -0.25) is 0 Å².